The normalized spacial score (nSPS) is 10.6. The third-order valence-corrected chi connectivity index (χ3v) is 4.17. The van der Waals surface area contributed by atoms with E-state index in [4.69, 9.17) is 5.73 Å². The van der Waals surface area contributed by atoms with Gasteiger partial charge in [0.2, 0.25) is 0 Å². The van der Waals surface area contributed by atoms with Gasteiger partial charge in [-0.1, -0.05) is 25.1 Å². The van der Waals surface area contributed by atoms with Crippen molar-refractivity contribution in [1.82, 2.24) is 0 Å². The molecule has 2 N–H and O–H groups in total. The highest BCUT2D eigenvalue weighted by Crippen LogP contribution is 2.31. The van der Waals surface area contributed by atoms with Crippen molar-refractivity contribution in [2.24, 2.45) is 5.73 Å². The molecule has 0 aliphatic heterocycles. The summed E-state index contributed by atoms with van der Waals surface area (Å²) in [7, 11) is 2.09. The van der Waals surface area contributed by atoms with E-state index in [-0.39, 0.29) is 0 Å². The van der Waals surface area contributed by atoms with Crippen LogP contribution in [0.25, 0.3) is 0 Å². The molecule has 0 aromatic heterocycles. The molecule has 0 saturated carbocycles. The number of aryl methyl sites for hydroxylation is 1. The van der Waals surface area contributed by atoms with Gasteiger partial charge < -0.3 is 10.6 Å². The van der Waals surface area contributed by atoms with Crippen LogP contribution >= 0.6 is 15.9 Å². The van der Waals surface area contributed by atoms with Crippen molar-refractivity contribution in [2.45, 2.75) is 19.8 Å². The number of benzene rings is 2. The van der Waals surface area contributed by atoms with Crippen molar-refractivity contribution in [3.8, 4) is 0 Å². The Morgan fingerprint density at radius 3 is 2.25 bits per heavy atom. The Morgan fingerprint density at radius 2 is 1.70 bits per heavy atom. The van der Waals surface area contributed by atoms with Crippen LogP contribution in [0.15, 0.2) is 46.9 Å². The van der Waals surface area contributed by atoms with Gasteiger partial charge in [-0.05, 0) is 70.7 Å². The van der Waals surface area contributed by atoms with Gasteiger partial charge in [0.15, 0.2) is 0 Å². The number of rotatable bonds is 5. The largest absolute Gasteiger partial charge is 0.344 e. The summed E-state index contributed by atoms with van der Waals surface area (Å²) < 4.78 is 1.10. The maximum Gasteiger partial charge on any atom is 0.0552 e. The van der Waals surface area contributed by atoms with Crippen LogP contribution in [0.1, 0.15) is 18.1 Å². The summed E-state index contributed by atoms with van der Waals surface area (Å²) in [5.41, 5.74) is 10.6. The Balaban J connectivity index is 2.25. The molecule has 0 unspecified atom stereocenters. The lowest BCUT2D eigenvalue weighted by molar-refractivity contribution is 0.967. The van der Waals surface area contributed by atoms with Gasteiger partial charge >= 0.3 is 0 Å². The Morgan fingerprint density at radius 1 is 1.05 bits per heavy atom. The molecule has 0 bridgehead atoms. The molecule has 0 saturated heterocycles. The van der Waals surface area contributed by atoms with Crippen LogP contribution in [-0.2, 0) is 12.8 Å². The smallest absolute Gasteiger partial charge is 0.0552 e. The molecular formula is C17H21BrN2. The second-order valence-electron chi connectivity index (χ2n) is 4.90. The van der Waals surface area contributed by atoms with E-state index in [1.807, 2.05) is 0 Å². The van der Waals surface area contributed by atoms with Crippen LogP contribution in [0.5, 0.6) is 0 Å². The molecule has 0 fully saturated rings. The summed E-state index contributed by atoms with van der Waals surface area (Å²) in [5, 5.41) is 0. The number of nitrogens with zero attached hydrogens (tertiary/aromatic N) is 1. The second kappa shape index (κ2) is 6.91. The third kappa shape index (κ3) is 3.41. The number of anilines is 2. The number of halogens is 1. The standard InChI is InChI=1S/C17H21BrN2/c1-3-13-4-7-15(8-5-13)20(2)17-9-6-14(10-11-19)12-16(17)18/h4-9,12H,3,10-11,19H2,1-2H3. The average molecular weight is 333 g/mol. The molecule has 0 atom stereocenters. The van der Waals surface area contributed by atoms with Gasteiger partial charge in [0.25, 0.3) is 0 Å². The van der Waals surface area contributed by atoms with Gasteiger partial charge in [-0.3, -0.25) is 0 Å². The molecule has 0 spiro atoms. The monoisotopic (exact) mass is 332 g/mol. The minimum absolute atomic E-state index is 0.681. The van der Waals surface area contributed by atoms with Gasteiger partial charge in [-0.15, -0.1) is 0 Å². The number of nitrogens with two attached hydrogens (primary N) is 1. The fraction of sp³-hybridized carbons (Fsp3) is 0.294. The fourth-order valence-electron chi connectivity index (χ4n) is 2.24. The highest BCUT2D eigenvalue weighted by atomic mass is 79.9. The van der Waals surface area contributed by atoms with Crippen molar-refractivity contribution < 1.29 is 0 Å². The van der Waals surface area contributed by atoms with Crippen molar-refractivity contribution in [1.29, 1.82) is 0 Å². The summed E-state index contributed by atoms with van der Waals surface area (Å²) >= 11 is 3.66. The SMILES string of the molecule is CCc1ccc(N(C)c2ccc(CCN)cc2Br)cc1. The first-order valence-electron chi connectivity index (χ1n) is 6.97. The van der Waals surface area contributed by atoms with E-state index >= 15 is 0 Å². The van der Waals surface area contributed by atoms with E-state index in [1.165, 1.54) is 16.8 Å². The Hall–Kier alpha value is -1.32. The van der Waals surface area contributed by atoms with Crippen molar-refractivity contribution >= 4 is 27.3 Å². The van der Waals surface area contributed by atoms with E-state index in [9.17, 15) is 0 Å². The Bertz CT molecular complexity index is 564. The molecule has 0 amide bonds. The molecule has 0 radical (unpaired) electrons. The summed E-state index contributed by atoms with van der Waals surface area (Å²) in [5.74, 6) is 0. The van der Waals surface area contributed by atoms with Crippen molar-refractivity contribution in [3.05, 3.63) is 58.1 Å². The van der Waals surface area contributed by atoms with E-state index in [0.717, 1.165) is 23.0 Å². The van der Waals surface area contributed by atoms with Crippen LogP contribution in [-0.4, -0.2) is 13.6 Å². The first kappa shape index (κ1) is 15.1. The number of hydrogen-bond donors (Lipinski definition) is 1. The van der Waals surface area contributed by atoms with E-state index in [2.05, 4.69) is 77.3 Å². The van der Waals surface area contributed by atoms with Crippen LogP contribution in [0.4, 0.5) is 11.4 Å². The van der Waals surface area contributed by atoms with Crippen LogP contribution in [0, 0.1) is 0 Å². The molecule has 2 aromatic carbocycles. The molecule has 3 heteroatoms. The van der Waals surface area contributed by atoms with Crippen LogP contribution in [0.2, 0.25) is 0 Å². The first-order valence-corrected chi connectivity index (χ1v) is 7.76. The third-order valence-electron chi connectivity index (χ3n) is 3.54. The predicted molar refractivity (Wildman–Crippen MR) is 90.8 cm³/mol. The molecular weight excluding hydrogens is 312 g/mol. The molecule has 20 heavy (non-hydrogen) atoms. The van der Waals surface area contributed by atoms with E-state index in [0.29, 0.717) is 6.54 Å². The highest BCUT2D eigenvalue weighted by Gasteiger charge is 2.08. The molecule has 0 aliphatic carbocycles. The first-order chi connectivity index (χ1) is 9.65. The quantitative estimate of drug-likeness (QED) is 0.885. The zero-order valence-corrected chi connectivity index (χ0v) is 13.7. The van der Waals surface area contributed by atoms with Gasteiger partial charge in [0.05, 0.1) is 5.69 Å². The topological polar surface area (TPSA) is 29.3 Å². The molecule has 106 valence electrons. The van der Waals surface area contributed by atoms with Gasteiger partial charge in [-0.25, -0.2) is 0 Å². The average Bonchev–Trinajstić information content (AvgIpc) is 2.47. The Labute approximate surface area is 129 Å². The minimum Gasteiger partial charge on any atom is -0.344 e. The molecule has 2 nitrogen and oxygen atoms in total. The summed E-state index contributed by atoms with van der Waals surface area (Å²) in [6, 6.07) is 15.1. The lowest BCUT2D eigenvalue weighted by atomic mass is 10.1. The maximum absolute atomic E-state index is 5.60. The molecule has 2 aromatic rings. The predicted octanol–water partition coefficient (Wildman–Crippen LogP) is 4.28. The lowest BCUT2D eigenvalue weighted by Crippen LogP contribution is -2.10. The zero-order valence-electron chi connectivity index (χ0n) is 12.1. The molecule has 2 rings (SSSR count). The summed E-state index contributed by atoms with van der Waals surface area (Å²) in [6.45, 7) is 2.85. The Kier molecular flexibility index (Phi) is 5.21. The second-order valence-corrected chi connectivity index (χ2v) is 5.76. The molecule has 0 heterocycles. The highest BCUT2D eigenvalue weighted by molar-refractivity contribution is 9.10. The van der Waals surface area contributed by atoms with Crippen molar-refractivity contribution in [3.63, 3.8) is 0 Å². The maximum atomic E-state index is 5.60. The number of hydrogen-bond acceptors (Lipinski definition) is 2. The van der Waals surface area contributed by atoms with E-state index < -0.39 is 0 Å². The van der Waals surface area contributed by atoms with Gasteiger partial charge in [0.1, 0.15) is 0 Å². The summed E-state index contributed by atoms with van der Waals surface area (Å²) in [6.07, 6.45) is 1.98. The zero-order chi connectivity index (χ0) is 14.5. The van der Waals surface area contributed by atoms with Gasteiger partial charge in [0, 0.05) is 17.2 Å². The molecule has 0 aliphatic rings. The van der Waals surface area contributed by atoms with Crippen LogP contribution < -0.4 is 10.6 Å². The van der Waals surface area contributed by atoms with Crippen molar-refractivity contribution in [2.75, 3.05) is 18.5 Å². The minimum atomic E-state index is 0.681. The lowest BCUT2D eigenvalue weighted by Gasteiger charge is -2.21. The van der Waals surface area contributed by atoms with Crippen LogP contribution in [0.3, 0.4) is 0 Å². The van der Waals surface area contributed by atoms with E-state index in [1.54, 1.807) is 0 Å². The fourth-order valence-corrected chi connectivity index (χ4v) is 2.93. The summed E-state index contributed by atoms with van der Waals surface area (Å²) in [4.78, 5) is 2.19. The van der Waals surface area contributed by atoms with Gasteiger partial charge in [-0.2, -0.15) is 0 Å².